The fourth-order valence-corrected chi connectivity index (χ4v) is 2.64. The molecule has 2 aliphatic heterocycles. The van der Waals surface area contributed by atoms with Gasteiger partial charge in [0.1, 0.15) is 6.04 Å². The molecule has 3 unspecified atom stereocenters. The Hall–Kier alpha value is -0.0800. The van der Waals surface area contributed by atoms with Gasteiger partial charge < -0.3 is 9.80 Å². The van der Waals surface area contributed by atoms with Crippen molar-refractivity contribution in [2.75, 3.05) is 20.1 Å². The minimum absolute atomic E-state index is 0.798. The number of fused-ring (bicyclic) bond motifs is 2. The number of hydrogen-bond acceptors (Lipinski definition) is 1. The van der Waals surface area contributed by atoms with Crippen molar-refractivity contribution >= 4 is 0 Å². The van der Waals surface area contributed by atoms with E-state index in [1.807, 2.05) is 0 Å². The van der Waals surface area contributed by atoms with Crippen molar-refractivity contribution in [1.82, 2.24) is 5.32 Å². The summed E-state index contributed by atoms with van der Waals surface area (Å²) in [6.07, 6.45) is 1.41. The van der Waals surface area contributed by atoms with Crippen molar-refractivity contribution in [2.24, 2.45) is 0 Å². The van der Waals surface area contributed by atoms with E-state index in [1.165, 1.54) is 24.0 Å². The summed E-state index contributed by atoms with van der Waals surface area (Å²) in [5.74, 6) is 0. The largest absolute Gasteiger partial charge is 0.319 e. The first-order chi connectivity index (χ1) is 5.13. The minimum Gasteiger partial charge on any atom is -0.319 e. The Morgan fingerprint density at radius 1 is 1.45 bits per heavy atom. The zero-order valence-corrected chi connectivity index (χ0v) is 7.80. The fourth-order valence-electron chi connectivity index (χ4n) is 2.64. The average Bonchev–Trinajstić information content (AvgIpc) is 2.45. The number of hydrogen-bond donors (Lipinski definition) is 1. The third kappa shape index (κ3) is 0.926. The Morgan fingerprint density at radius 2 is 2.18 bits per heavy atom. The number of nitrogens with zero attached hydrogens (tertiary/aromatic N) is 1. The van der Waals surface area contributed by atoms with Crippen molar-refractivity contribution in [3.8, 4) is 0 Å². The van der Waals surface area contributed by atoms with Crippen LogP contribution < -0.4 is 5.32 Å². The monoisotopic (exact) mass is 155 g/mol. The van der Waals surface area contributed by atoms with E-state index in [-0.39, 0.29) is 0 Å². The summed E-state index contributed by atoms with van der Waals surface area (Å²) in [5, 5.41) is 3.55. The van der Waals surface area contributed by atoms with Gasteiger partial charge in [-0.15, -0.1) is 0 Å². The molecule has 0 aromatic rings. The molecule has 0 saturated carbocycles. The molecule has 2 heterocycles. The maximum Gasteiger partial charge on any atom is 0.103 e. The lowest BCUT2D eigenvalue weighted by Crippen LogP contribution is -2.59. The Balaban J connectivity index is 2.16. The van der Waals surface area contributed by atoms with E-state index in [9.17, 15) is 0 Å². The van der Waals surface area contributed by atoms with Crippen molar-refractivity contribution in [3.05, 3.63) is 0 Å². The summed E-state index contributed by atoms with van der Waals surface area (Å²) < 4.78 is 1.30. The zero-order valence-electron chi connectivity index (χ0n) is 7.80. The second kappa shape index (κ2) is 2.20. The molecule has 2 rings (SSSR count). The van der Waals surface area contributed by atoms with Crippen LogP contribution in [-0.4, -0.2) is 42.7 Å². The number of rotatable bonds is 1. The summed E-state index contributed by atoms with van der Waals surface area (Å²) >= 11 is 0. The molecule has 0 amide bonds. The van der Waals surface area contributed by atoms with Crippen LogP contribution in [0.4, 0.5) is 0 Å². The molecule has 2 saturated heterocycles. The third-order valence-electron chi connectivity index (χ3n) is 3.83. The van der Waals surface area contributed by atoms with Gasteiger partial charge in [-0.3, -0.25) is 0 Å². The van der Waals surface area contributed by atoms with Gasteiger partial charge in [-0.2, -0.15) is 0 Å². The van der Waals surface area contributed by atoms with E-state index in [4.69, 9.17) is 0 Å². The summed E-state index contributed by atoms with van der Waals surface area (Å²) in [6.45, 7) is 7.29. The topological polar surface area (TPSA) is 12.0 Å². The molecule has 2 nitrogen and oxygen atoms in total. The van der Waals surface area contributed by atoms with Crippen LogP contribution in [0.15, 0.2) is 0 Å². The molecule has 0 aliphatic carbocycles. The van der Waals surface area contributed by atoms with Gasteiger partial charge in [-0.25, -0.2) is 0 Å². The smallest absolute Gasteiger partial charge is 0.103 e. The van der Waals surface area contributed by atoms with Crippen LogP contribution in [0.25, 0.3) is 0 Å². The Morgan fingerprint density at radius 3 is 2.45 bits per heavy atom. The van der Waals surface area contributed by atoms with Gasteiger partial charge in [-0.1, -0.05) is 0 Å². The van der Waals surface area contributed by atoms with Gasteiger partial charge in [0.2, 0.25) is 0 Å². The molecule has 2 aliphatic rings. The highest BCUT2D eigenvalue weighted by Crippen LogP contribution is 2.31. The first kappa shape index (κ1) is 7.56. The van der Waals surface area contributed by atoms with Crippen LogP contribution in [0.5, 0.6) is 0 Å². The van der Waals surface area contributed by atoms with Crippen LogP contribution in [0.2, 0.25) is 0 Å². The summed E-state index contributed by atoms with van der Waals surface area (Å²) in [6, 6.07) is 2.53. The van der Waals surface area contributed by atoms with E-state index >= 15 is 0 Å². The fraction of sp³-hybridized carbons (Fsp3) is 1.00. The second-order valence-electron chi connectivity index (χ2n) is 4.62. The molecule has 0 radical (unpaired) electrons. The highest BCUT2D eigenvalue weighted by Gasteiger charge is 2.49. The summed E-state index contributed by atoms with van der Waals surface area (Å²) in [4.78, 5) is 0. The third-order valence-corrected chi connectivity index (χ3v) is 3.83. The van der Waals surface area contributed by atoms with Gasteiger partial charge in [0.05, 0.1) is 25.7 Å². The minimum atomic E-state index is 0.798. The van der Waals surface area contributed by atoms with Crippen molar-refractivity contribution < 1.29 is 4.48 Å². The second-order valence-corrected chi connectivity index (χ2v) is 4.62. The number of likely N-dealkylation sites (N-methyl/N-ethyl adjacent to an activating group) is 1. The van der Waals surface area contributed by atoms with E-state index in [0.29, 0.717) is 0 Å². The van der Waals surface area contributed by atoms with E-state index in [0.717, 1.165) is 18.1 Å². The zero-order chi connectivity index (χ0) is 8.06. The molecule has 1 N–H and O–H groups in total. The lowest BCUT2D eigenvalue weighted by atomic mass is 10.2. The van der Waals surface area contributed by atoms with E-state index in [1.54, 1.807) is 0 Å². The number of quaternary nitrogens is 1. The predicted molar refractivity (Wildman–Crippen MR) is 46.4 cm³/mol. The molecule has 2 heteroatoms. The maximum atomic E-state index is 3.55. The van der Waals surface area contributed by atoms with Gasteiger partial charge in [0, 0.05) is 13.0 Å². The molecule has 2 bridgehead atoms. The molecule has 0 aromatic heterocycles. The average molecular weight is 155 g/mol. The van der Waals surface area contributed by atoms with Gasteiger partial charge in [-0.05, 0) is 13.8 Å². The van der Waals surface area contributed by atoms with E-state index in [2.05, 4.69) is 26.2 Å². The predicted octanol–water partition coefficient (Wildman–Crippen LogP) is 0.585. The molecule has 64 valence electrons. The van der Waals surface area contributed by atoms with Gasteiger partial charge in [0.25, 0.3) is 0 Å². The maximum absolute atomic E-state index is 3.55. The van der Waals surface area contributed by atoms with Crippen LogP contribution in [0.3, 0.4) is 0 Å². The molecule has 0 aromatic carbocycles. The van der Waals surface area contributed by atoms with E-state index < -0.39 is 0 Å². The summed E-state index contributed by atoms with van der Waals surface area (Å²) in [5.41, 5.74) is 0. The van der Waals surface area contributed by atoms with Crippen LogP contribution >= 0.6 is 0 Å². The van der Waals surface area contributed by atoms with Crippen LogP contribution in [0, 0.1) is 0 Å². The number of likely N-dealkylation sites (tertiary alicyclic amines) is 1. The van der Waals surface area contributed by atoms with Crippen LogP contribution in [0.1, 0.15) is 20.3 Å². The summed E-state index contributed by atoms with van der Waals surface area (Å²) in [7, 11) is 2.41. The molecular weight excluding hydrogens is 136 g/mol. The van der Waals surface area contributed by atoms with Crippen LogP contribution in [-0.2, 0) is 0 Å². The SMILES string of the molecule is CC(C)[N+]1(C)CC2CC1CN2. The Labute approximate surface area is 69.2 Å². The molecule has 3 atom stereocenters. The first-order valence-electron chi connectivity index (χ1n) is 4.71. The molecular formula is C9H19N2+. The van der Waals surface area contributed by atoms with Crippen molar-refractivity contribution in [2.45, 2.75) is 38.4 Å². The Bertz CT molecular complexity index is 167. The number of piperazine rings is 1. The molecule has 2 fully saturated rings. The Kier molecular flexibility index (Phi) is 1.52. The molecule has 11 heavy (non-hydrogen) atoms. The van der Waals surface area contributed by atoms with Gasteiger partial charge in [0.15, 0.2) is 0 Å². The van der Waals surface area contributed by atoms with Gasteiger partial charge >= 0.3 is 0 Å². The number of nitrogens with one attached hydrogen (secondary N) is 1. The first-order valence-corrected chi connectivity index (χ1v) is 4.71. The molecule has 0 spiro atoms. The standard InChI is InChI=1S/C9H19N2/c1-7(2)11(3)6-8-4-9(11)5-10-8/h7-10H,4-6H2,1-3H3/q+1. The lowest BCUT2D eigenvalue weighted by molar-refractivity contribution is -0.942. The van der Waals surface area contributed by atoms with Crippen molar-refractivity contribution in [3.63, 3.8) is 0 Å². The lowest BCUT2D eigenvalue weighted by Gasteiger charge is -2.42. The normalized spacial score (nSPS) is 49.1. The highest BCUT2D eigenvalue weighted by atomic mass is 15.4. The quantitative estimate of drug-likeness (QED) is 0.546. The highest BCUT2D eigenvalue weighted by molar-refractivity contribution is 4.89. The van der Waals surface area contributed by atoms with Crippen molar-refractivity contribution in [1.29, 1.82) is 0 Å².